The Morgan fingerprint density at radius 1 is 0.842 bits per heavy atom. The lowest BCUT2D eigenvalue weighted by atomic mass is 10.1. The van der Waals surface area contributed by atoms with E-state index >= 15 is 0 Å². The van der Waals surface area contributed by atoms with Crippen LogP contribution in [-0.4, -0.2) is 5.78 Å². The SMILES string of the molecule is N/C(=C\C(=O)c1ccc(Cl)cc1)c1ccc(Cl)cc1. The van der Waals surface area contributed by atoms with Crippen LogP contribution in [0, 0.1) is 0 Å². The zero-order valence-electron chi connectivity index (χ0n) is 9.94. The van der Waals surface area contributed by atoms with Gasteiger partial charge in [0.2, 0.25) is 0 Å². The molecule has 0 bridgehead atoms. The fourth-order valence-corrected chi connectivity index (χ4v) is 1.82. The van der Waals surface area contributed by atoms with Crippen molar-refractivity contribution in [3.05, 3.63) is 75.8 Å². The Kier molecular flexibility index (Phi) is 4.25. The monoisotopic (exact) mass is 291 g/mol. The zero-order chi connectivity index (χ0) is 13.8. The predicted octanol–water partition coefficient (Wildman–Crippen LogP) is 4.18. The van der Waals surface area contributed by atoms with E-state index in [1.54, 1.807) is 48.5 Å². The summed E-state index contributed by atoms with van der Waals surface area (Å²) in [6, 6.07) is 13.6. The van der Waals surface area contributed by atoms with Crippen LogP contribution >= 0.6 is 23.2 Å². The van der Waals surface area contributed by atoms with Crippen LogP contribution in [0.4, 0.5) is 0 Å². The number of allylic oxidation sites excluding steroid dienone is 1. The molecule has 0 saturated carbocycles. The molecule has 0 atom stereocenters. The lowest BCUT2D eigenvalue weighted by Gasteiger charge is -2.02. The molecule has 0 aromatic heterocycles. The highest BCUT2D eigenvalue weighted by Gasteiger charge is 2.04. The summed E-state index contributed by atoms with van der Waals surface area (Å²) in [7, 11) is 0. The third-order valence-corrected chi connectivity index (χ3v) is 3.10. The van der Waals surface area contributed by atoms with Gasteiger partial charge in [0.05, 0.1) is 0 Å². The van der Waals surface area contributed by atoms with Gasteiger partial charge < -0.3 is 5.73 Å². The second-order valence-corrected chi connectivity index (χ2v) is 4.85. The molecule has 2 aromatic rings. The minimum atomic E-state index is -0.163. The van der Waals surface area contributed by atoms with Gasteiger partial charge in [0, 0.05) is 27.4 Å². The van der Waals surface area contributed by atoms with Gasteiger partial charge in [-0.25, -0.2) is 0 Å². The molecule has 96 valence electrons. The summed E-state index contributed by atoms with van der Waals surface area (Å²) in [5.41, 5.74) is 7.58. The van der Waals surface area contributed by atoms with Crippen molar-refractivity contribution in [2.75, 3.05) is 0 Å². The van der Waals surface area contributed by atoms with E-state index in [-0.39, 0.29) is 5.78 Å². The van der Waals surface area contributed by atoms with E-state index in [0.29, 0.717) is 21.3 Å². The predicted molar refractivity (Wildman–Crippen MR) is 79.4 cm³/mol. The second kappa shape index (κ2) is 5.91. The van der Waals surface area contributed by atoms with Crippen molar-refractivity contribution in [2.45, 2.75) is 0 Å². The number of nitrogens with two attached hydrogens (primary N) is 1. The molecule has 0 spiro atoms. The molecule has 0 saturated heterocycles. The summed E-state index contributed by atoms with van der Waals surface area (Å²) < 4.78 is 0. The van der Waals surface area contributed by atoms with E-state index in [1.807, 2.05) is 0 Å². The first-order valence-corrected chi connectivity index (χ1v) is 6.35. The molecule has 0 heterocycles. The highest BCUT2D eigenvalue weighted by atomic mass is 35.5. The fraction of sp³-hybridized carbons (Fsp3) is 0. The highest BCUT2D eigenvalue weighted by molar-refractivity contribution is 6.31. The van der Waals surface area contributed by atoms with E-state index in [0.717, 1.165) is 5.56 Å². The van der Waals surface area contributed by atoms with Gasteiger partial charge in [-0.15, -0.1) is 0 Å². The van der Waals surface area contributed by atoms with Crippen LogP contribution in [0.5, 0.6) is 0 Å². The topological polar surface area (TPSA) is 43.1 Å². The summed E-state index contributed by atoms with van der Waals surface area (Å²) in [5, 5.41) is 1.21. The number of carbonyl (C=O) groups excluding carboxylic acids is 1. The molecule has 4 heteroatoms. The van der Waals surface area contributed by atoms with Crippen molar-refractivity contribution in [1.82, 2.24) is 0 Å². The minimum Gasteiger partial charge on any atom is -0.398 e. The minimum absolute atomic E-state index is 0.163. The maximum absolute atomic E-state index is 12.0. The van der Waals surface area contributed by atoms with E-state index in [4.69, 9.17) is 28.9 Å². The summed E-state index contributed by atoms with van der Waals surface area (Å²) >= 11 is 11.6. The van der Waals surface area contributed by atoms with Gasteiger partial charge in [-0.1, -0.05) is 35.3 Å². The Balaban J connectivity index is 2.22. The maximum atomic E-state index is 12.0. The number of halogens is 2. The van der Waals surface area contributed by atoms with Crippen molar-refractivity contribution < 1.29 is 4.79 Å². The normalized spacial score (nSPS) is 11.4. The lowest BCUT2D eigenvalue weighted by Crippen LogP contribution is -2.02. The molecule has 0 fully saturated rings. The Bertz CT molecular complexity index is 616. The van der Waals surface area contributed by atoms with Crippen molar-refractivity contribution in [3.63, 3.8) is 0 Å². The van der Waals surface area contributed by atoms with E-state index in [9.17, 15) is 4.79 Å². The number of hydrogen-bond donors (Lipinski definition) is 1. The van der Waals surface area contributed by atoms with Gasteiger partial charge >= 0.3 is 0 Å². The zero-order valence-corrected chi connectivity index (χ0v) is 11.4. The first-order valence-electron chi connectivity index (χ1n) is 5.59. The second-order valence-electron chi connectivity index (χ2n) is 3.98. The van der Waals surface area contributed by atoms with Crippen molar-refractivity contribution in [2.24, 2.45) is 5.73 Å². The lowest BCUT2D eigenvalue weighted by molar-refractivity contribution is 0.104. The number of carbonyl (C=O) groups is 1. The molecular weight excluding hydrogens is 281 g/mol. The van der Waals surface area contributed by atoms with Crippen molar-refractivity contribution >= 4 is 34.7 Å². The molecule has 2 N–H and O–H groups in total. The van der Waals surface area contributed by atoms with Gasteiger partial charge in [-0.2, -0.15) is 0 Å². The molecule has 0 aliphatic carbocycles. The third kappa shape index (κ3) is 3.60. The number of rotatable bonds is 3. The van der Waals surface area contributed by atoms with E-state index < -0.39 is 0 Å². The molecule has 0 aliphatic heterocycles. The molecule has 0 radical (unpaired) electrons. The van der Waals surface area contributed by atoms with E-state index in [2.05, 4.69) is 0 Å². The van der Waals surface area contributed by atoms with Crippen LogP contribution in [0.2, 0.25) is 10.0 Å². The first-order chi connectivity index (χ1) is 9.06. The summed E-state index contributed by atoms with van der Waals surface area (Å²) in [6.07, 6.45) is 1.40. The largest absolute Gasteiger partial charge is 0.398 e. The van der Waals surface area contributed by atoms with Crippen LogP contribution in [0.1, 0.15) is 15.9 Å². The number of hydrogen-bond acceptors (Lipinski definition) is 2. The van der Waals surface area contributed by atoms with Gasteiger partial charge in [0.1, 0.15) is 0 Å². The number of benzene rings is 2. The molecular formula is C15H11Cl2NO. The van der Waals surface area contributed by atoms with Crippen molar-refractivity contribution in [1.29, 1.82) is 0 Å². The smallest absolute Gasteiger partial charge is 0.187 e. The fourth-order valence-electron chi connectivity index (χ4n) is 1.56. The molecule has 2 nitrogen and oxygen atoms in total. The molecule has 0 aliphatic rings. The number of ketones is 1. The van der Waals surface area contributed by atoms with Gasteiger partial charge in [0.25, 0.3) is 0 Å². The molecule has 2 aromatic carbocycles. The molecule has 0 amide bonds. The average Bonchev–Trinajstić information content (AvgIpc) is 2.40. The summed E-state index contributed by atoms with van der Waals surface area (Å²) in [4.78, 5) is 12.0. The summed E-state index contributed by atoms with van der Waals surface area (Å²) in [6.45, 7) is 0. The van der Waals surface area contributed by atoms with Crippen LogP contribution in [-0.2, 0) is 0 Å². The van der Waals surface area contributed by atoms with Crippen LogP contribution in [0.3, 0.4) is 0 Å². The van der Waals surface area contributed by atoms with Gasteiger partial charge in [-0.3, -0.25) is 4.79 Å². The van der Waals surface area contributed by atoms with Crippen molar-refractivity contribution in [3.8, 4) is 0 Å². The van der Waals surface area contributed by atoms with Gasteiger partial charge in [0.15, 0.2) is 5.78 Å². The Morgan fingerprint density at radius 2 is 1.26 bits per heavy atom. The first kappa shape index (κ1) is 13.7. The standard InChI is InChI=1S/C15H11Cl2NO/c16-12-5-1-10(2-6-12)14(18)9-15(19)11-3-7-13(17)8-4-11/h1-9H,18H2/b14-9-. The quantitative estimate of drug-likeness (QED) is 0.681. The van der Waals surface area contributed by atoms with Gasteiger partial charge in [-0.05, 0) is 42.0 Å². The Labute approximate surface area is 121 Å². The van der Waals surface area contributed by atoms with E-state index in [1.165, 1.54) is 6.08 Å². The Hall–Kier alpha value is -1.77. The van der Waals surface area contributed by atoms with Crippen LogP contribution < -0.4 is 5.73 Å². The summed E-state index contributed by atoms with van der Waals surface area (Å²) in [5.74, 6) is -0.163. The molecule has 19 heavy (non-hydrogen) atoms. The molecule has 0 unspecified atom stereocenters. The third-order valence-electron chi connectivity index (χ3n) is 2.59. The maximum Gasteiger partial charge on any atom is 0.187 e. The van der Waals surface area contributed by atoms with Crippen LogP contribution in [0.15, 0.2) is 54.6 Å². The highest BCUT2D eigenvalue weighted by Crippen LogP contribution is 2.16. The van der Waals surface area contributed by atoms with Crippen LogP contribution in [0.25, 0.3) is 5.70 Å². The Morgan fingerprint density at radius 3 is 1.74 bits per heavy atom. The average molecular weight is 292 g/mol. The molecule has 2 rings (SSSR count).